The van der Waals surface area contributed by atoms with Crippen molar-refractivity contribution in [2.24, 2.45) is 4.99 Å². The van der Waals surface area contributed by atoms with Crippen LogP contribution >= 0.6 is 0 Å². The standard InChI is InChI=1S/C52H44N4/c1-2-19-35-52(42-27-15-6-16-28-42,43-29-17-7-18-30-43)47-38(22-8-1)31-33-44-45-36-41(37-20-9-3-10-21-37)32-34-46(45)56(48(44)47)51-54-49(39-23-11-4-12-24-39)53-50(55-51)40-25-13-5-14-26-40/h1-4,6-13,15-21,23-34,36,49,51,54H,5,14,22,35H2,(H,53,55)/b8-1-,19-2-. The molecule has 7 aromatic rings. The van der Waals surface area contributed by atoms with Gasteiger partial charge in [0.1, 0.15) is 12.0 Å². The molecule has 2 atom stereocenters. The SMILES string of the molecule is C1=CC(C2=NC(n3c4ccc(-c5ccccc5)cc4c4ccc5c(c43)C(c3ccccc3)(c3ccccc3)C/C=C\C=C/C5)NC(c3ccccc3)N2)=CCC1. The molecule has 2 N–H and O–H groups in total. The van der Waals surface area contributed by atoms with E-state index in [1.54, 1.807) is 0 Å². The van der Waals surface area contributed by atoms with E-state index in [1.165, 1.54) is 55.2 Å². The van der Waals surface area contributed by atoms with Crippen molar-refractivity contribution >= 4 is 27.6 Å². The van der Waals surface area contributed by atoms with E-state index in [2.05, 4.69) is 209 Å². The second-order valence-corrected chi connectivity index (χ2v) is 15.0. The molecule has 6 aromatic carbocycles. The fraction of sp³-hybridized carbons (Fsp3) is 0.135. The quantitative estimate of drug-likeness (QED) is 0.179. The summed E-state index contributed by atoms with van der Waals surface area (Å²) in [5.74, 6) is 0.910. The minimum Gasteiger partial charge on any atom is -0.350 e. The predicted molar refractivity (Wildman–Crippen MR) is 233 cm³/mol. The molecule has 56 heavy (non-hydrogen) atoms. The average Bonchev–Trinajstić information content (AvgIpc) is 3.65. The summed E-state index contributed by atoms with van der Waals surface area (Å²) < 4.78 is 2.52. The molecule has 0 amide bonds. The van der Waals surface area contributed by atoms with E-state index in [0.29, 0.717) is 0 Å². The lowest BCUT2D eigenvalue weighted by molar-refractivity contribution is 0.340. The van der Waals surface area contributed by atoms with Crippen LogP contribution in [0.5, 0.6) is 0 Å². The first kappa shape index (κ1) is 34.0. The number of allylic oxidation sites excluding steroid dienone is 6. The average molecular weight is 725 g/mol. The highest BCUT2D eigenvalue weighted by Gasteiger charge is 2.41. The molecule has 3 aliphatic rings. The Morgan fingerprint density at radius 2 is 1.32 bits per heavy atom. The molecular weight excluding hydrogens is 681 g/mol. The van der Waals surface area contributed by atoms with E-state index in [0.717, 1.165) is 42.6 Å². The van der Waals surface area contributed by atoms with Crippen LogP contribution in [-0.4, -0.2) is 10.4 Å². The van der Waals surface area contributed by atoms with E-state index in [9.17, 15) is 0 Å². The Balaban J connectivity index is 1.34. The summed E-state index contributed by atoms with van der Waals surface area (Å²) in [6, 6.07) is 55.5. The van der Waals surface area contributed by atoms with Gasteiger partial charge in [-0.05, 0) is 76.8 Å². The molecule has 0 bridgehead atoms. The number of nitrogens with zero attached hydrogens (tertiary/aromatic N) is 2. The molecule has 2 heterocycles. The van der Waals surface area contributed by atoms with Crippen LogP contribution in [0, 0.1) is 0 Å². The molecule has 0 saturated carbocycles. The van der Waals surface area contributed by atoms with Gasteiger partial charge in [0.05, 0.1) is 16.4 Å². The van der Waals surface area contributed by atoms with Gasteiger partial charge in [0.25, 0.3) is 0 Å². The molecule has 272 valence electrons. The largest absolute Gasteiger partial charge is 0.350 e. The number of fused-ring (bicyclic) bond motifs is 5. The molecule has 0 saturated heterocycles. The first-order valence-corrected chi connectivity index (χ1v) is 19.9. The zero-order chi connectivity index (χ0) is 37.3. The monoisotopic (exact) mass is 724 g/mol. The molecule has 4 nitrogen and oxygen atoms in total. The minimum atomic E-state index is -0.499. The second kappa shape index (κ2) is 14.6. The number of aliphatic imine (C=N–C) groups is 1. The minimum absolute atomic E-state index is 0.159. The lowest BCUT2D eigenvalue weighted by atomic mass is 9.65. The highest BCUT2D eigenvalue weighted by atomic mass is 15.4. The van der Waals surface area contributed by atoms with Gasteiger partial charge >= 0.3 is 0 Å². The Hall–Kier alpha value is -6.49. The fourth-order valence-electron chi connectivity index (χ4n) is 9.16. The number of rotatable bonds is 6. The van der Waals surface area contributed by atoms with Crippen molar-refractivity contribution < 1.29 is 0 Å². The molecular formula is C52H44N4. The normalized spacial score (nSPS) is 20.1. The van der Waals surface area contributed by atoms with Crippen molar-refractivity contribution in [2.45, 2.75) is 43.6 Å². The second-order valence-electron chi connectivity index (χ2n) is 15.0. The Labute approximate surface area is 329 Å². The van der Waals surface area contributed by atoms with Crippen molar-refractivity contribution in [2.75, 3.05) is 0 Å². The van der Waals surface area contributed by atoms with Crippen LogP contribution in [0.4, 0.5) is 0 Å². The molecule has 4 heteroatoms. The third-order valence-corrected chi connectivity index (χ3v) is 11.8. The van der Waals surface area contributed by atoms with Crippen molar-refractivity contribution in [3.8, 4) is 11.1 Å². The van der Waals surface area contributed by atoms with Crippen LogP contribution in [0.1, 0.15) is 59.5 Å². The summed E-state index contributed by atoms with van der Waals surface area (Å²) in [6.07, 6.45) is 19.0. The predicted octanol–water partition coefficient (Wildman–Crippen LogP) is 11.9. The maximum atomic E-state index is 5.62. The summed E-state index contributed by atoms with van der Waals surface area (Å²) in [5, 5.41) is 10.3. The summed E-state index contributed by atoms with van der Waals surface area (Å²) in [7, 11) is 0. The summed E-state index contributed by atoms with van der Waals surface area (Å²) in [4.78, 5) is 5.62. The number of benzene rings is 6. The summed E-state index contributed by atoms with van der Waals surface area (Å²) >= 11 is 0. The van der Waals surface area contributed by atoms with E-state index in [-0.39, 0.29) is 6.17 Å². The van der Waals surface area contributed by atoms with Gasteiger partial charge in [-0.2, -0.15) is 0 Å². The van der Waals surface area contributed by atoms with E-state index in [4.69, 9.17) is 4.99 Å². The Morgan fingerprint density at radius 3 is 2.04 bits per heavy atom. The third kappa shape index (κ3) is 5.94. The van der Waals surface area contributed by atoms with Gasteiger partial charge in [-0.3, -0.25) is 5.32 Å². The van der Waals surface area contributed by atoms with Crippen LogP contribution in [0.3, 0.4) is 0 Å². The molecule has 10 rings (SSSR count). The number of aromatic nitrogens is 1. The molecule has 0 radical (unpaired) electrons. The Kier molecular flexibility index (Phi) is 8.89. The molecule has 1 aliphatic heterocycles. The van der Waals surface area contributed by atoms with Gasteiger partial charge in [0, 0.05) is 16.3 Å². The smallest absolute Gasteiger partial charge is 0.184 e. The number of amidine groups is 1. The zero-order valence-electron chi connectivity index (χ0n) is 31.4. The number of hydrogen-bond acceptors (Lipinski definition) is 3. The molecule has 0 spiro atoms. The lowest BCUT2D eigenvalue weighted by Crippen LogP contribution is -2.46. The number of nitrogens with one attached hydrogen (secondary N) is 2. The fourth-order valence-corrected chi connectivity index (χ4v) is 9.16. The van der Waals surface area contributed by atoms with Gasteiger partial charge in [-0.15, -0.1) is 0 Å². The lowest BCUT2D eigenvalue weighted by Gasteiger charge is -2.39. The van der Waals surface area contributed by atoms with Crippen LogP contribution in [0.2, 0.25) is 0 Å². The summed E-state index contributed by atoms with van der Waals surface area (Å²) in [6.45, 7) is 0. The van der Waals surface area contributed by atoms with Gasteiger partial charge in [0.2, 0.25) is 0 Å². The van der Waals surface area contributed by atoms with Crippen molar-refractivity contribution in [1.82, 2.24) is 15.2 Å². The first-order chi connectivity index (χ1) is 27.8. The van der Waals surface area contributed by atoms with Gasteiger partial charge < -0.3 is 9.88 Å². The van der Waals surface area contributed by atoms with Crippen LogP contribution < -0.4 is 10.6 Å². The highest BCUT2D eigenvalue weighted by Crippen LogP contribution is 2.50. The van der Waals surface area contributed by atoms with E-state index >= 15 is 0 Å². The van der Waals surface area contributed by atoms with Crippen molar-refractivity contribution in [3.05, 3.63) is 228 Å². The molecule has 2 unspecified atom stereocenters. The molecule has 0 fully saturated rings. The zero-order valence-corrected chi connectivity index (χ0v) is 31.4. The van der Waals surface area contributed by atoms with E-state index in [1.807, 2.05) is 0 Å². The van der Waals surface area contributed by atoms with Gasteiger partial charge in [-0.1, -0.05) is 182 Å². The molecule has 1 aromatic heterocycles. The maximum absolute atomic E-state index is 5.62. The first-order valence-electron chi connectivity index (χ1n) is 19.9. The Morgan fingerprint density at radius 1 is 0.625 bits per heavy atom. The maximum Gasteiger partial charge on any atom is 0.184 e. The third-order valence-electron chi connectivity index (χ3n) is 11.8. The van der Waals surface area contributed by atoms with Crippen molar-refractivity contribution in [1.29, 1.82) is 0 Å². The molecule has 2 aliphatic carbocycles. The van der Waals surface area contributed by atoms with Crippen LogP contribution in [-0.2, 0) is 11.8 Å². The topological polar surface area (TPSA) is 41.4 Å². The van der Waals surface area contributed by atoms with Crippen LogP contribution in [0.15, 0.2) is 205 Å². The van der Waals surface area contributed by atoms with E-state index < -0.39 is 11.7 Å². The number of hydrogen-bond donors (Lipinski definition) is 2. The van der Waals surface area contributed by atoms with Crippen molar-refractivity contribution in [3.63, 3.8) is 0 Å². The van der Waals surface area contributed by atoms with Gasteiger partial charge in [-0.25, -0.2) is 4.99 Å². The van der Waals surface area contributed by atoms with Gasteiger partial charge in [0.15, 0.2) is 6.29 Å². The highest BCUT2D eigenvalue weighted by molar-refractivity contribution is 6.11. The summed E-state index contributed by atoms with van der Waals surface area (Å²) in [5.41, 5.74) is 11.8. The Bertz CT molecular complexity index is 2640. The van der Waals surface area contributed by atoms with Crippen LogP contribution in [0.25, 0.3) is 32.9 Å².